The monoisotopic (exact) mass is 431 g/mol. The summed E-state index contributed by atoms with van der Waals surface area (Å²) in [5.74, 6) is -0.375. The number of likely N-dealkylation sites (N-methyl/N-ethyl adjacent to an activating group) is 1. The van der Waals surface area contributed by atoms with Gasteiger partial charge >= 0.3 is 0 Å². The second-order valence-electron chi connectivity index (χ2n) is 9.36. The number of hydrogen-bond acceptors (Lipinski definition) is 4. The van der Waals surface area contributed by atoms with Crippen molar-refractivity contribution in [2.24, 2.45) is 0 Å². The van der Waals surface area contributed by atoms with Gasteiger partial charge in [0.2, 0.25) is 17.7 Å². The first-order chi connectivity index (χ1) is 15.5. The molecule has 2 heterocycles. The minimum Gasteiger partial charge on any atom is -0.340 e. The van der Waals surface area contributed by atoms with E-state index in [9.17, 15) is 14.4 Å². The fraction of sp³-hybridized carbons (Fsp3) is 0.423. The lowest BCUT2D eigenvalue weighted by Gasteiger charge is -2.35. The SMILES string of the molecule is CN1CCN(C(=O)CC2(c3ccc(-c4ccccc4)cc3)CC(=O)N(C3CC3)C2=O)CC1. The van der Waals surface area contributed by atoms with Crippen LogP contribution < -0.4 is 0 Å². The van der Waals surface area contributed by atoms with Crippen molar-refractivity contribution in [2.75, 3.05) is 33.2 Å². The van der Waals surface area contributed by atoms with E-state index in [1.54, 1.807) is 0 Å². The fourth-order valence-corrected chi connectivity index (χ4v) is 4.97. The topological polar surface area (TPSA) is 60.9 Å². The van der Waals surface area contributed by atoms with Gasteiger partial charge in [-0.15, -0.1) is 0 Å². The van der Waals surface area contributed by atoms with Crippen molar-refractivity contribution in [2.45, 2.75) is 37.1 Å². The summed E-state index contributed by atoms with van der Waals surface area (Å²) in [7, 11) is 2.05. The first kappa shape index (κ1) is 20.9. The molecule has 0 bridgehead atoms. The minimum absolute atomic E-state index is 0.0132. The van der Waals surface area contributed by atoms with Crippen LogP contribution in [0.5, 0.6) is 0 Å². The standard InChI is InChI=1S/C26H29N3O3/c1-27-13-15-28(16-14-27)23(30)17-26(18-24(31)29(25(26)32)22-11-12-22)21-9-7-20(8-10-21)19-5-3-2-4-6-19/h2-10,22H,11-18H2,1H3. The third-order valence-corrected chi connectivity index (χ3v) is 7.12. The van der Waals surface area contributed by atoms with E-state index in [4.69, 9.17) is 0 Å². The zero-order valence-electron chi connectivity index (χ0n) is 18.5. The van der Waals surface area contributed by atoms with Gasteiger partial charge in [-0.2, -0.15) is 0 Å². The maximum atomic E-state index is 13.7. The molecule has 6 nitrogen and oxygen atoms in total. The van der Waals surface area contributed by atoms with Crippen LogP contribution in [0.1, 0.15) is 31.2 Å². The van der Waals surface area contributed by atoms with Gasteiger partial charge in [0.25, 0.3) is 0 Å². The molecule has 3 fully saturated rings. The average molecular weight is 432 g/mol. The molecule has 2 aliphatic heterocycles. The summed E-state index contributed by atoms with van der Waals surface area (Å²) in [6.07, 6.45) is 1.86. The fourth-order valence-electron chi connectivity index (χ4n) is 4.97. The Labute approximate surface area is 188 Å². The molecule has 3 amide bonds. The van der Waals surface area contributed by atoms with E-state index in [1.807, 2.05) is 66.5 Å². The molecule has 2 saturated heterocycles. The Kier molecular flexibility index (Phi) is 5.33. The molecule has 1 atom stereocenters. The number of carbonyl (C=O) groups is 3. The largest absolute Gasteiger partial charge is 0.340 e. The molecule has 6 heteroatoms. The van der Waals surface area contributed by atoms with E-state index >= 15 is 0 Å². The van der Waals surface area contributed by atoms with Crippen molar-refractivity contribution >= 4 is 17.7 Å². The molecule has 32 heavy (non-hydrogen) atoms. The average Bonchev–Trinajstić information content (AvgIpc) is 3.61. The van der Waals surface area contributed by atoms with Crippen molar-refractivity contribution < 1.29 is 14.4 Å². The van der Waals surface area contributed by atoms with Crippen molar-refractivity contribution in [3.05, 3.63) is 60.2 Å². The number of rotatable bonds is 5. The molecule has 3 aliphatic rings. The third kappa shape index (κ3) is 3.73. The molecule has 0 radical (unpaired) electrons. The molecule has 5 rings (SSSR count). The normalized spacial score (nSPS) is 24.3. The summed E-state index contributed by atoms with van der Waals surface area (Å²) in [6.45, 7) is 2.97. The number of hydrogen-bond donors (Lipinski definition) is 0. The van der Waals surface area contributed by atoms with Gasteiger partial charge in [0.15, 0.2) is 0 Å². The molecule has 0 spiro atoms. The lowest BCUT2D eigenvalue weighted by Crippen LogP contribution is -2.50. The van der Waals surface area contributed by atoms with E-state index in [1.165, 1.54) is 4.90 Å². The summed E-state index contributed by atoms with van der Waals surface area (Å²) in [5.41, 5.74) is 1.80. The molecule has 2 aromatic carbocycles. The predicted octanol–water partition coefficient (Wildman–Crippen LogP) is 2.68. The Balaban J connectivity index is 1.47. The van der Waals surface area contributed by atoms with Gasteiger partial charge < -0.3 is 9.80 Å². The highest BCUT2D eigenvalue weighted by Crippen LogP contribution is 2.44. The van der Waals surface area contributed by atoms with Gasteiger partial charge in [-0.05, 0) is 36.6 Å². The molecule has 166 valence electrons. The lowest BCUT2D eigenvalue weighted by atomic mass is 9.75. The number of piperazine rings is 1. The molecular formula is C26H29N3O3. The molecule has 1 unspecified atom stereocenters. The molecule has 1 aliphatic carbocycles. The Morgan fingerprint density at radius 3 is 2.16 bits per heavy atom. The minimum atomic E-state index is -1.10. The number of benzene rings is 2. The number of amides is 3. The Morgan fingerprint density at radius 2 is 1.53 bits per heavy atom. The molecule has 1 saturated carbocycles. The number of nitrogens with zero attached hydrogens (tertiary/aromatic N) is 3. The number of carbonyl (C=O) groups excluding carboxylic acids is 3. The van der Waals surface area contributed by atoms with Crippen molar-refractivity contribution in [3.8, 4) is 11.1 Å². The highest BCUT2D eigenvalue weighted by molar-refractivity contribution is 6.11. The van der Waals surface area contributed by atoms with E-state index in [0.29, 0.717) is 13.1 Å². The Morgan fingerprint density at radius 1 is 0.906 bits per heavy atom. The Hall–Kier alpha value is -2.99. The summed E-state index contributed by atoms with van der Waals surface area (Å²) < 4.78 is 0. The molecule has 0 N–H and O–H groups in total. The van der Waals surface area contributed by atoms with Gasteiger partial charge in [0, 0.05) is 45.1 Å². The van der Waals surface area contributed by atoms with E-state index < -0.39 is 5.41 Å². The highest BCUT2D eigenvalue weighted by atomic mass is 16.2. The second-order valence-corrected chi connectivity index (χ2v) is 9.36. The van der Waals surface area contributed by atoms with Crippen LogP contribution in [0.4, 0.5) is 0 Å². The third-order valence-electron chi connectivity index (χ3n) is 7.12. The predicted molar refractivity (Wildman–Crippen MR) is 122 cm³/mol. The zero-order valence-corrected chi connectivity index (χ0v) is 18.5. The maximum Gasteiger partial charge on any atom is 0.241 e. The quantitative estimate of drug-likeness (QED) is 0.683. The van der Waals surface area contributed by atoms with Gasteiger partial charge in [-0.25, -0.2) is 0 Å². The van der Waals surface area contributed by atoms with Gasteiger partial charge in [-0.1, -0.05) is 54.6 Å². The van der Waals surface area contributed by atoms with Crippen LogP contribution in [0.3, 0.4) is 0 Å². The number of likely N-dealkylation sites (tertiary alicyclic amines) is 1. The van der Waals surface area contributed by atoms with Crippen LogP contribution in [0.2, 0.25) is 0 Å². The van der Waals surface area contributed by atoms with Crippen LogP contribution in [0, 0.1) is 0 Å². The lowest BCUT2D eigenvalue weighted by molar-refractivity contribution is -0.143. The van der Waals surface area contributed by atoms with E-state index in [2.05, 4.69) is 4.90 Å². The molecule has 0 aromatic heterocycles. The van der Waals surface area contributed by atoms with Crippen LogP contribution in [-0.4, -0.2) is 71.7 Å². The van der Waals surface area contributed by atoms with Crippen LogP contribution in [0.25, 0.3) is 11.1 Å². The Bertz CT molecular complexity index is 1020. The van der Waals surface area contributed by atoms with Gasteiger partial charge in [-0.3, -0.25) is 19.3 Å². The summed E-state index contributed by atoms with van der Waals surface area (Å²) >= 11 is 0. The zero-order chi connectivity index (χ0) is 22.3. The van der Waals surface area contributed by atoms with Crippen LogP contribution in [0.15, 0.2) is 54.6 Å². The molecular weight excluding hydrogens is 402 g/mol. The smallest absolute Gasteiger partial charge is 0.241 e. The second kappa shape index (κ2) is 8.17. The van der Waals surface area contributed by atoms with Crippen molar-refractivity contribution in [3.63, 3.8) is 0 Å². The van der Waals surface area contributed by atoms with Crippen LogP contribution >= 0.6 is 0 Å². The summed E-state index contributed by atoms with van der Waals surface area (Å²) in [5, 5.41) is 0. The maximum absolute atomic E-state index is 13.7. The number of imide groups is 1. The van der Waals surface area contributed by atoms with Crippen molar-refractivity contribution in [1.82, 2.24) is 14.7 Å². The van der Waals surface area contributed by atoms with E-state index in [-0.39, 0.29) is 36.6 Å². The summed E-state index contributed by atoms with van der Waals surface area (Å²) in [6, 6.07) is 17.9. The summed E-state index contributed by atoms with van der Waals surface area (Å²) in [4.78, 5) is 45.4. The highest BCUT2D eigenvalue weighted by Gasteiger charge is 2.57. The van der Waals surface area contributed by atoms with Crippen LogP contribution in [-0.2, 0) is 19.8 Å². The first-order valence-corrected chi connectivity index (χ1v) is 11.5. The van der Waals surface area contributed by atoms with Crippen molar-refractivity contribution in [1.29, 1.82) is 0 Å². The molecule has 2 aromatic rings. The van der Waals surface area contributed by atoms with E-state index in [0.717, 1.165) is 42.6 Å². The first-order valence-electron chi connectivity index (χ1n) is 11.5. The van der Waals surface area contributed by atoms with Gasteiger partial charge in [0.05, 0.1) is 5.41 Å². The van der Waals surface area contributed by atoms with Gasteiger partial charge in [0.1, 0.15) is 0 Å².